The quantitative estimate of drug-likeness (QED) is 0.789. The maximum absolute atomic E-state index is 5.67. The van der Waals surface area contributed by atoms with Crippen molar-refractivity contribution in [1.29, 1.82) is 0 Å². The van der Waals surface area contributed by atoms with Gasteiger partial charge in [0.1, 0.15) is 5.82 Å². The van der Waals surface area contributed by atoms with Crippen molar-refractivity contribution in [2.45, 2.75) is 32.7 Å². The van der Waals surface area contributed by atoms with Crippen LogP contribution in [0.5, 0.6) is 0 Å². The summed E-state index contributed by atoms with van der Waals surface area (Å²) < 4.78 is 0. The molecule has 0 saturated heterocycles. The van der Waals surface area contributed by atoms with Crippen molar-refractivity contribution in [2.75, 3.05) is 5.32 Å². The average Bonchev–Trinajstić information content (AvgIpc) is 2.96. The number of anilines is 1. The zero-order chi connectivity index (χ0) is 9.68. The molecule has 0 radical (unpaired) electrons. The van der Waals surface area contributed by atoms with Gasteiger partial charge in [-0.25, -0.2) is 4.98 Å². The molecule has 1 aliphatic carbocycles. The van der Waals surface area contributed by atoms with Gasteiger partial charge in [-0.05, 0) is 25.0 Å². The zero-order valence-electron chi connectivity index (χ0n) is 8.05. The molecule has 72 valence electrons. The molecule has 0 bridgehead atoms. The summed E-state index contributed by atoms with van der Waals surface area (Å²) in [5.41, 5.74) is 0. The largest absolute Gasteiger partial charge is 0.367 e. The fourth-order valence-electron chi connectivity index (χ4n) is 0.898. The lowest BCUT2D eigenvalue weighted by molar-refractivity contribution is 1.11. The van der Waals surface area contributed by atoms with Gasteiger partial charge in [0.2, 0.25) is 0 Å². The number of aromatic nitrogens is 1. The van der Waals surface area contributed by atoms with Gasteiger partial charge in [0.05, 0.1) is 5.02 Å². The third kappa shape index (κ3) is 3.64. The van der Waals surface area contributed by atoms with Gasteiger partial charge < -0.3 is 5.32 Å². The van der Waals surface area contributed by atoms with E-state index in [2.05, 4.69) is 10.3 Å². The summed E-state index contributed by atoms with van der Waals surface area (Å²) in [5, 5.41) is 3.96. The summed E-state index contributed by atoms with van der Waals surface area (Å²) in [5.74, 6) is 0.928. The lowest BCUT2D eigenvalue weighted by Crippen LogP contribution is -2.01. The van der Waals surface area contributed by atoms with Crippen LogP contribution >= 0.6 is 11.6 Å². The number of halogens is 1. The first-order chi connectivity index (χ1) is 6.34. The van der Waals surface area contributed by atoms with E-state index in [1.807, 2.05) is 26.0 Å². The maximum Gasteiger partial charge on any atom is 0.126 e. The Balaban J connectivity index is 0.000000396. The number of pyridine rings is 1. The predicted octanol–water partition coefficient (Wildman–Crippen LogP) is 3.34. The van der Waals surface area contributed by atoms with Crippen LogP contribution in [0.1, 0.15) is 26.7 Å². The van der Waals surface area contributed by atoms with Gasteiger partial charge in [0.15, 0.2) is 0 Å². The highest BCUT2D eigenvalue weighted by Gasteiger charge is 2.20. The van der Waals surface area contributed by atoms with Gasteiger partial charge in [-0.1, -0.05) is 25.4 Å². The number of hydrogen-bond donors (Lipinski definition) is 1. The Labute approximate surface area is 84.3 Å². The van der Waals surface area contributed by atoms with E-state index in [-0.39, 0.29) is 0 Å². The van der Waals surface area contributed by atoms with Crippen molar-refractivity contribution in [3.05, 3.63) is 23.4 Å². The van der Waals surface area contributed by atoms with E-state index in [9.17, 15) is 0 Å². The minimum absolute atomic E-state index is 0.656. The van der Waals surface area contributed by atoms with Crippen LogP contribution in [0.3, 0.4) is 0 Å². The normalized spacial score (nSPS) is 14.4. The second-order valence-electron chi connectivity index (χ2n) is 2.78. The summed E-state index contributed by atoms with van der Waals surface area (Å²) in [6.45, 7) is 4.00. The Hall–Kier alpha value is -0.760. The fourth-order valence-corrected chi connectivity index (χ4v) is 1.01. The van der Waals surface area contributed by atoms with Gasteiger partial charge in [-0.2, -0.15) is 0 Å². The lowest BCUT2D eigenvalue weighted by Gasteiger charge is -2.01. The molecule has 0 unspecified atom stereocenters. The minimum atomic E-state index is 0.656. The monoisotopic (exact) mass is 198 g/mol. The molecule has 13 heavy (non-hydrogen) atoms. The van der Waals surface area contributed by atoms with Gasteiger partial charge in [0.25, 0.3) is 0 Å². The van der Waals surface area contributed by atoms with E-state index in [4.69, 9.17) is 11.6 Å². The lowest BCUT2D eigenvalue weighted by atomic mass is 10.4. The second-order valence-corrected chi connectivity index (χ2v) is 3.22. The number of nitrogens with one attached hydrogen (secondary N) is 1. The summed E-state index contributed by atoms with van der Waals surface area (Å²) >= 11 is 5.67. The first-order valence-electron chi connectivity index (χ1n) is 4.73. The molecule has 0 aromatic carbocycles. The molecule has 1 aromatic heterocycles. The minimum Gasteiger partial charge on any atom is -0.367 e. The van der Waals surface area contributed by atoms with E-state index >= 15 is 0 Å². The van der Waals surface area contributed by atoms with Crippen LogP contribution in [-0.2, 0) is 0 Å². The summed E-state index contributed by atoms with van der Waals surface area (Å²) in [6.07, 6.45) is 4.20. The smallest absolute Gasteiger partial charge is 0.126 e. The molecule has 1 aliphatic rings. The molecule has 0 aliphatic heterocycles. The maximum atomic E-state index is 5.67. The highest BCUT2D eigenvalue weighted by molar-refractivity contribution is 6.30. The van der Waals surface area contributed by atoms with E-state index in [1.54, 1.807) is 6.20 Å². The van der Waals surface area contributed by atoms with Crippen molar-refractivity contribution in [3.8, 4) is 0 Å². The molecule has 1 saturated carbocycles. The molecule has 1 N–H and O–H groups in total. The van der Waals surface area contributed by atoms with Crippen LogP contribution in [0.25, 0.3) is 0 Å². The molecule has 1 aromatic rings. The fraction of sp³-hybridized carbons (Fsp3) is 0.500. The first-order valence-corrected chi connectivity index (χ1v) is 5.10. The van der Waals surface area contributed by atoms with Crippen LogP contribution in [-0.4, -0.2) is 11.0 Å². The molecule has 2 nitrogen and oxygen atoms in total. The van der Waals surface area contributed by atoms with Crippen molar-refractivity contribution in [3.63, 3.8) is 0 Å². The predicted molar refractivity (Wildman–Crippen MR) is 57.2 cm³/mol. The highest BCUT2D eigenvalue weighted by Crippen LogP contribution is 2.23. The van der Waals surface area contributed by atoms with Crippen molar-refractivity contribution < 1.29 is 0 Å². The Morgan fingerprint density at radius 2 is 2.08 bits per heavy atom. The highest BCUT2D eigenvalue weighted by atomic mass is 35.5. The third-order valence-electron chi connectivity index (χ3n) is 1.66. The summed E-state index contributed by atoms with van der Waals surface area (Å²) in [7, 11) is 0. The molecule has 2 rings (SSSR count). The van der Waals surface area contributed by atoms with E-state index in [1.165, 1.54) is 12.8 Å². The second kappa shape index (κ2) is 5.07. The molecule has 0 amide bonds. The average molecular weight is 199 g/mol. The van der Waals surface area contributed by atoms with E-state index in [0.717, 1.165) is 5.82 Å². The van der Waals surface area contributed by atoms with Crippen molar-refractivity contribution in [1.82, 2.24) is 4.98 Å². The molecule has 1 fully saturated rings. The summed E-state index contributed by atoms with van der Waals surface area (Å²) in [4.78, 5) is 4.12. The van der Waals surface area contributed by atoms with Crippen molar-refractivity contribution >= 4 is 17.4 Å². The SMILES string of the molecule is CC.Clc1ccc(NC2CC2)nc1. The van der Waals surface area contributed by atoms with Gasteiger partial charge in [0, 0.05) is 12.2 Å². The Morgan fingerprint density at radius 3 is 2.54 bits per heavy atom. The Morgan fingerprint density at radius 1 is 1.38 bits per heavy atom. The molecular formula is C10H15ClN2. The molecule has 1 heterocycles. The van der Waals surface area contributed by atoms with E-state index < -0.39 is 0 Å². The van der Waals surface area contributed by atoms with Crippen molar-refractivity contribution in [2.24, 2.45) is 0 Å². The molecule has 0 spiro atoms. The standard InChI is InChI=1S/C8H9ClN2.C2H6/c9-6-1-4-8(10-5-6)11-7-2-3-7;1-2/h1,4-5,7H,2-3H2,(H,10,11);1-2H3. The summed E-state index contributed by atoms with van der Waals surface area (Å²) in [6, 6.07) is 4.41. The Bertz CT molecular complexity index is 242. The number of rotatable bonds is 2. The van der Waals surface area contributed by atoms with Gasteiger partial charge >= 0.3 is 0 Å². The van der Waals surface area contributed by atoms with Crippen LogP contribution in [0.2, 0.25) is 5.02 Å². The van der Waals surface area contributed by atoms with E-state index in [0.29, 0.717) is 11.1 Å². The first kappa shape index (κ1) is 10.3. The molecular weight excluding hydrogens is 184 g/mol. The van der Waals surface area contributed by atoms with Crippen LogP contribution in [0.15, 0.2) is 18.3 Å². The van der Waals surface area contributed by atoms with Gasteiger partial charge in [-0.15, -0.1) is 0 Å². The third-order valence-corrected chi connectivity index (χ3v) is 1.88. The number of hydrogen-bond acceptors (Lipinski definition) is 2. The van der Waals surface area contributed by atoms with Crippen LogP contribution in [0.4, 0.5) is 5.82 Å². The molecule has 3 heteroatoms. The zero-order valence-corrected chi connectivity index (χ0v) is 8.80. The van der Waals surface area contributed by atoms with Crippen LogP contribution in [0, 0.1) is 0 Å². The van der Waals surface area contributed by atoms with Gasteiger partial charge in [-0.3, -0.25) is 0 Å². The van der Waals surface area contributed by atoms with Crippen LogP contribution < -0.4 is 5.32 Å². The number of nitrogens with zero attached hydrogens (tertiary/aromatic N) is 1. The Kier molecular flexibility index (Phi) is 4.03. The molecule has 0 atom stereocenters. The topological polar surface area (TPSA) is 24.9 Å².